The summed E-state index contributed by atoms with van der Waals surface area (Å²) in [6.45, 7) is 4.10. The van der Waals surface area contributed by atoms with Gasteiger partial charge in [-0.1, -0.05) is 39.0 Å². The lowest BCUT2D eigenvalue weighted by Crippen LogP contribution is -2.45. The van der Waals surface area contributed by atoms with Crippen LogP contribution in [0, 0.1) is 21.4 Å². The molecule has 0 amide bonds. The summed E-state index contributed by atoms with van der Waals surface area (Å²) in [5.74, 6) is -1.47. The van der Waals surface area contributed by atoms with Gasteiger partial charge < -0.3 is 9.47 Å². The van der Waals surface area contributed by atoms with Crippen molar-refractivity contribution in [2.24, 2.45) is 11.3 Å². The number of rotatable bonds is 6. The zero-order valence-corrected chi connectivity index (χ0v) is 15.6. The number of carbonyl (C=O) groups is 1. The zero-order chi connectivity index (χ0) is 20.4. The second kappa shape index (κ2) is 8.16. The van der Waals surface area contributed by atoms with Gasteiger partial charge in [0.1, 0.15) is 17.8 Å². The standard InChI is InChI=1S/C18H24F2N2O5/c1-5-26-16(23)14-12(18(2,3)4)15(22(24)25)13(21-14)10-8-6-7-9-11(10)27-17(19)20/h6-9,12-15,17,21H,5H2,1-4H3/t12-,13+,14+,15+/m1/s1. The van der Waals surface area contributed by atoms with E-state index in [9.17, 15) is 23.7 Å². The van der Waals surface area contributed by atoms with Crippen LogP contribution in [0.1, 0.15) is 39.3 Å². The van der Waals surface area contributed by atoms with Crippen molar-refractivity contribution in [3.8, 4) is 5.75 Å². The minimum atomic E-state index is -3.07. The van der Waals surface area contributed by atoms with Gasteiger partial charge in [-0.3, -0.25) is 20.2 Å². The smallest absolute Gasteiger partial charge is 0.387 e. The number of nitrogens with one attached hydrogen (secondary N) is 1. The molecule has 1 heterocycles. The summed E-state index contributed by atoms with van der Waals surface area (Å²) in [6, 6.07) is 2.75. The number of alkyl halides is 2. The molecule has 9 heteroatoms. The van der Waals surface area contributed by atoms with E-state index in [0.29, 0.717) is 0 Å². The number of hydrogen-bond donors (Lipinski definition) is 1. The predicted octanol–water partition coefficient (Wildman–Crippen LogP) is 3.17. The number of hydrogen-bond acceptors (Lipinski definition) is 6. The lowest BCUT2D eigenvalue weighted by Gasteiger charge is -2.31. The first-order chi connectivity index (χ1) is 12.6. The fourth-order valence-corrected chi connectivity index (χ4v) is 3.73. The van der Waals surface area contributed by atoms with Crippen molar-refractivity contribution in [3.05, 3.63) is 39.9 Å². The highest BCUT2D eigenvalue weighted by Crippen LogP contribution is 2.45. The third kappa shape index (κ3) is 4.52. The van der Waals surface area contributed by atoms with Crippen molar-refractivity contribution in [1.82, 2.24) is 5.32 Å². The molecule has 1 fully saturated rings. The van der Waals surface area contributed by atoms with E-state index >= 15 is 0 Å². The number of carbonyl (C=O) groups excluding carboxylic acids is 1. The van der Waals surface area contributed by atoms with Gasteiger partial charge in [-0.2, -0.15) is 8.78 Å². The molecule has 1 aliphatic heterocycles. The Morgan fingerprint density at radius 2 is 1.96 bits per heavy atom. The number of esters is 1. The van der Waals surface area contributed by atoms with E-state index in [1.54, 1.807) is 33.8 Å². The molecule has 0 aromatic heterocycles. The van der Waals surface area contributed by atoms with Crippen LogP contribution in [0.25, 0.3) is 0 Å². The molecule has 0 saturated carbocycles. The van der Waals surface area contributed by atoms with Crippen LogP contribution < -0.4 is 10.1 Å². The second-order valence-electron chi connectivity index (χ2n) is 7.46. The summed E-state index contributed by atoms with van der Waals surface area (Å²) in [4.78, 5) is 23.9. The van der Waals surface area contributed by atoms with Gasteiger partial charge in [-0.05, 0) is 18.4 Å². The Bertz CT molecular complexity index is 693. The summed E-state index contributed by atoms with van der Waals surface area (Å²) in [5.41, 5.74) is -0.407. The highest BCUT2D eigenvalue weighted by atomic mass is 19.3. The minimum absolute atomic E-state index is 0.132. The maximum atomic E-state index is 12.8. The third-order valence-electron chi connectivity index (χ3n) is 4.68. The molecule has 27 heavy (non-hydrogen) atoms. The van der Waals surface area contributed by atoms with E-state index in [1.165, 1.54) is 18.2 Å². The average molecular weight is 386 g/mol. The van der Waals surface area contributed by atoms with Crippen LogP contribution in [0.4, 0.5) is 8.78 Å². The first kappa shape index (κ1) is 21.0. The van der Waals surface area contributed by atoms with Crippen molar-refractivity contribution >= 4 is 5.97 Å². The Hall–Kier alpha value is -2.29. The molecule has 0 radical (unpaired) electrons. The van der Waals surface area contributed by atoms with Gasteiger partial charge in [-0.25, -0.2) is 0 Å². The van der Waals surface area contributed by atoms with Crippen molar-refractivity contribution in [1.29, 1.82) is 0 Å². The van der Waals surface area contributed by atoms with Gasteiger partial charge in [0.15, 0.2) is 0 Å². The number of para-hydroxylation sites is 1. The molecule has 1 aromatic rings. The van der Waals surface area contributed by atoms with Crippen molar-refractivity contribution in [3.63, 3.8) is 0 Å². The molecule has 0 bridgehead atoms. The molecule has 1 saturated heterocycles. The highest BCUT2D eigenvalue weighted by molar-refractivity contribution is 5.77. The van der Waals surface area contributed by atoms with Gasteiger partial charge in [0.25, 0.3) is 0 Å². The quantitative estimate of drug-likeness (QED) is 0.459. The van der Waals surface area contributed by atoms with E-state index < -0.39 is 47.0 Å². The number of nitrogens with zero attached hydrogens (tertiary/aromatic N) is 1. The first-order valence-electron chi connectivity index (χ1n) is 8.67. The average Bonchev–Trinajstić information content (AvgIpc) is 2.96. The van der Waals surface area contributed by atoms with Crippen LogP contribution in [-0.2, 0) is 9.53 Å². The topological polar surface area (TPSA) is 90.7 Å². The molecule has 1 N–H and O–H groups in total. The second-order valence-corrected chi connectivity index (χ2v) is 7.46. The van der Waals surface area contributed by atoms with E-state index in [0.717, 1.165) is 0 Å². The van der Waals surface area contributed by atoms with E-state index in [2.05, 4.69) is 10.1 Å². The van der Waals surface area contributed by atoms with Crippen LogP contribution in [-0.4, -0.2) is 36.2 Å². The molecule has 150 valence electrons. The Kier molecular flexibility index (Phi) is 6.35. The summed E-state index contributed by atoms with van der Waals surface area (Å²) < 4.78 is 35.1. The Morgan fingerprint density at radius 1 is 1.33 bits per heavy atom. The lowest BCUT2D eigenvalue weighted by atomic mass is 9.73. The summed E-state index contributed by atoms with van der Waals surface area (Å²) >= 11 is 0. The maximum Gasteiger partial charge on any atom is 0.387 e. The molecule has 2 rings (SSSR count). The molecule has 1 aromatic carbocycles. The SMILES string of the molecule is CCOC(=O)[C@H]1N[C@@H](c2ccccc2OC(F)F)[C@@H]([N+](=O)[O-])[C@@H]1C(C)(C)C. The highest BCUT2D eigenvalue weighted by Gasteiger charge is 2.58. The Morgan fingerprint density at radius 3 is 2.48 bits per heavy atom. The Balaban J connectivity index is 2.53. The number of benzene rings is 1. The first-order valence-corrected chi connectivity index (χ1v) is 8.67. The van der Waals surface area contributed by atoms with Gasteiger partial charge in [0, 0.05) is 10.5 Å². The molecular weight excluding hydrogens is 362 g/mol. The monoisotopic (exact) mass is 386 g/mol. The molecule has 0 aliphatic carbocycles. The van der Waals surface area contributed by atoms with E-state index in [-0.39, 0.29) is 17.9 Å². The summed E-state index contributed by atoms with van der Waals surface area (Å²) in [7, 11) is 0. The van der Waals surface area contributed by atoms with Gasteiger partial charge >= 0.3 is 12.6 Å². The molecule has 0 spiro atoms. The van der Waals surface area contributed by atoms with Crippen LogP contribution in [0.2, 0.25) is 0 Å². The van der Waals surface area contributed by atoms with Gasteiger partial charge in [-0.15, -0.1) is 0 Å². The number of halogens is 2. The van der Waals surface area contributed by atoms with Crippen molar-refractivity contribution in [2.75, 3.05) is 6.61 Å². The predicted molar refractivity (Wildman–Crippen MR) is 93.1 cm³/mol. The maximum absolute atomic E-state index is 12.8. The molecule has 1 aliphatic rings. The largest absolute Gasteiger partial charge is 0.465 e. The fourth-order valence-electron chi connectivity index (χ4n) is 3.73. The molecule has 4 atom stereocenters. The number of ether oxygens (including phenoxy) is 2. The van der Waals surface area contributed by atoms with E-state index in [4.69, 9.17) is 4.74 Å². The van der Waals surface area contributed by atoms with Crippen molar-refractivity contribution in [2.45, 2.75) is 52.4 Å². The third-order valence-corrected chi connectivity index (χ3v) is 4.68. The van der Waals surface area contributed by atoms with Crippen LogP contribution in [0.3, 0.4) is 0 Å². The van der Waals surface area contributed by atoms with Crippen LogP contribution in [0.5, 0.6) is 5.75 Å². The summed E-state index contributed by atoms with van der Waals surface area (Å²) in [6.07, 6.45) is 0. The normalized spacial score (nSPS) is 25.4. The van der Waals surface area contributed by atoms with Gasteiger partial charge in [0.05, 0.1) is 12.5 Å². The van der Waals surface area contributed by atoms with Crippen LogP contribution in [0.15, 0.2) is 24.3 Å². The molecule has 7 nitrogen and oxygen atoms in total. The minimum Gasteiger partial charge on any atom is -0.465 e. The zero-order valence-electron chi connectivity index (χ0n) is 15.6. The van der Waals surface area contributed by atoms with Crippen LogP contribution >= 0.6 is 0 Å². The molecular formula is C18H24F2N2O5. The summed E-state index contributed by atoms with van der Waals surface area (Å²) in [5, 5.41) is 14.9. The van der Waals surface area contributed by atoms with Gasteiger partial charge in [0.2, 0.25) is 6.04 Å². The molecule has 0 unspecified atom stereocenters. The fraction of sp³-hybridized carbons (Fsp3) is 0.611. The number of nitro groups is 1. The lowest BCUT2D eigenvalue weighted by molar-refractivity contribution is -0.535. The Labute approximate surface area is 156 Å². The van der Waals surface area contributed by atoms with Crippen molar-refractivity contribution < 1.29 is 28.0 Å². The van der Waals surface area contributed by atoms with E-state index in [1.807, 2.05) is 0 Å².